The second kappa shape index (κ2) is 2.81. The van der Waals surface area contributed by atoms with E-state index < -0.39 is 0 Å². The van der Waals surface area contributed by atoms with Crippen molar-refractivity contribution in [1.82, 2.24) is 15.6 Å². The number of hydrogen-bond donors (Lipinski definition) is 2. The first kappa shape index (κ1) is 7.09. The number of amides is 2. The summed E-state index contributed by atoms with van der Waals surface area (Å²) in [7, 11) is 0. The van der Waals surface area contributed by atoms with Gasteiger partial charge in [0.2, 0.25) is 0 Å². The van der Waals surface area contributed by atoms with E-state index >= 15 is 0 Å². The Balaban J connectivity index is 2.16. The Morgan fingerprint density at radius 3 is 3.00 bits per heavy atom. The maximum absolute atomic E-state index is 10.8. The van der Waals surface area contributed by atoms with E-state index in [1.165, 1.54) is 0 Å². The number of nitrogens with one attached hydrogen (secondary N) is 2. The molecule has 62 valence electrons. The van der Waals surface area contributed by atoms with E-state index in [2.05, 4.69) is 15.6 Å². The Kier molecular flexibility index (Phi) is 1.66. The summed E-state index contributed by atoms with van der Waals surface area (Å²) in [5.41, 5.74) is 0.899. The SMILES string of the molecule is O=C1NC[C@@H](c2ccccn2)N1. The fourth-order valence-electron chi connectivity index (χ4n) is 1.22. The molecule has 2 N–H and O–H groups in total. The monoisotopic (exact) mass is 163 g/mol. The van der Waals surface area contributed by atoms with E-state index in [0.717, 1.165) is 5.69 Å². The first-order valence-corrected chi connectivity index (χ1v) is 3.81. The lowest BCUT2D eigenvalue weighted by Gasteiger charge is -2.05. The van der Waals surface area contributed by atoms with Gasteiger partial charge in [-0.15, -0.1) is 0 Å². The van der Waals surface area contributed by atoms with Crippen LogP contribution >= 0.6 is 0 Å². The predicted molar refractivity (Wildman–Crippen MR) is 43.5 cm³/mol. The molecule has 1 atom stereocenters. The summed E-state index contributed by atoms with van der Waals surface area (Å²) in [4.78, 5) is 14.9. The second-order valence-corrected chi connectivity index (χ2v) is 2.66. The van der Waals surface area contributed by atoms with Crippen LogP contribution < -0.4 is 10.6 Å². The molecule has 0 aliphatic carbocycles. The van der Waals surface area contributed by atoms with E-state index in [4.69, 9.17) is 0 Å². The van der Waals surface area contributed by atoms with Gasteiger partial charge >= 0.3 is 6.03 Å². The smallest absolute Gasteiger partial charge is 0.315 e. The molecule has 1 aromatic rings. The average molecular weight is 163 g/mol. The van der Waals surface area contributed by atoms with E-state index in [9.17, 15) is 4.79 Å². The molecule has 0 saturated carbocycles. The Hall–Kier alpha value is -1.58. The molecule has 0 unspecified atom stereocenters. The lowest BCUT2D eigenvalue weighted by atomic mass is 10.2. The number of pyridine rings is 1. The summed E-state index contributed by atoms with van der Waals surface area (Å²) in [6, 6.07) is 5.57. The Bertz CT molecular complexity index is 286. The lowest BCUT2D eigenvalue weighted by molar-refractivity contribution is 0.247. The molecule has 2 amide bonds. The van der Waals surface area contributed by atoms with Crippen LogP contribution in [-0.4, -0.2) is 17.6 Å². The maximum atomic E-state index is 10.8. The Labute approximate surface area is 70.0 Å². The van der Waals surface area contributed by atoms with Crippen LogP contribution in [-0.2, 0) is 0 Å². The third-order valence-corrected chi connectivity index (χ3v) is 1.82. The standard InChI is InChI=1S/C8H9N3O/c12-8-10-5-7(11-8)6-3-1-2-4-9-6/h1-4,7H,5H2,(H2,10,11,12)/t7-/m0/s1. The zero-order valence-electron chi connectivity index (χ0n) is 6.45. The van der Waals surface area contributed by atoms with Gasteiger partial charge in [-0.2, -0.15) is 0 Å². The summed E-state index contributed by atoms with van der Waals surface area (Å²) in [6.07, 6.45) is 1.72. The number of urea groups is 1. The number of aromatic nitrogens is 1. The highest BCUT2D eigenvalue weighted by Gasteiger charge is 2.21. The molecule has 1 saturated heterocycles. The van der Waals surface area contributed by atoms with Crippen molar-refractivity contribution >= 4 is 6.03 Å². The summed E-state index contributed by atoms with van der Waals surface area (Å²) in [5.74, 6) is 0. The van der Waals surface area contributed by atoms with Gasteiger partial charge < -0.3 is 10.6 Å². The topological polar surface area (TPSA) is 54.0 Å². The van der Waals surface area contributed by atoms with Crippen LogP contribution in [0.5, 0.6) is 0 Å². The van der Waals surface area contributed by atoms with Gasteiger partial charge in [-0.25, -0.2) is 4.79 Å². The Morgan fingerprint density at radius 1 is 1.50 bits per heavy atom. The van der Waals surface area contributed by atoms with E-state index in [-0.39, 0.29) is 12.1 Å². The highest BCUT2D eigenvalue weighted by Crippen LogP contribution is 2.10. The molecule has 0 bridgehead atoms. The number of rotatable bonds is 1. The van der Waals surface area contributed by atoms with Gasteiger partial charge in [0, 0.05) is 12.7 Å². The quantitative estimate of drug-likeness (QED) is 0.631. The maximum Gasteiger partial charge on any atom is 0.315 e. The minimum Gasteiger partial charge on any atom is -0.336 e. The summed E-state index contributed by atoms with van der Waals surface area (Å²) in [6.45, 7) is 0.621. The molecule has 4 heteroatoms. The molecule has 1 fully saturated rings. The van der Waals surface area contributed by atoms with Crippen LogP contribution in [0.15, 0.2) is 24.4 Å². The number of carbonyl (C=O) groups is 1. The average Bonchev–Trinajstić information content (AvgIpc) is 2.54. The predicted octanol–water partition coefficient (Wildman–Crippen LogP) is 0.436. The molecule has 12 heavy (non-hydrogen) atoms. The van der Waals surface area contributed by atoms with Crippen molar-refractivity contribution in [3.8, 4) is 0 Å². The van der Waals surface area contributed by atoms with Gasteiger partial charge in [-0.1, -0.05) is 6.07 Å². The lowest BCUT2D eigenvalue weighted by Crippen LogP contribution is -2.22. The van der Waals surface area contributed by atoms with Crippen LogP contribution in [0.1, 0.15) is 11.7 Å². The van der Waals surface area contributed by atoms with Crippen molar-refractivity contribution in [2.24, 2.45) is 0 Å². The van der Waals surface area contributed by atoms with Crippen molar-refractivity contribution in [2.45, 2.75) is 6.04 Å². The summed E-state index contributed by atoms with van der Waals surface area (Å²) in [5, 5.41) is 5.44. The summed E-state index contributed by atoms with van der Waals surface area (Å²) >= 11 is 0. The van der Waals surface area contributed by atoms with Crippen LogP contribution in [0.25, 0.3) is 0 Å². The molecule has 1 aliphatic rings. The molecule has 4 nitrogen and oxygen atoms in total. The van der Waals surface area contributed by atoms with Crippen LogP contribution in [0.4, 0.5) is 4.79 Å². The van der Waals surface area contributed by atoms with Gasteiger partial charge in [0.1, 0.15) is 0 Å². The van der Waals surface area contributed by atoms with Crippen LogP contribution in [0, 0.1) is 0 Å². The van der Waals surface area contributed by atoms with Crippen LogP contribution in [0.2, 0.25) is 0 Å². The molecule has 0 radical (unpaired) electrons. The molecular formula is C8H9N3O. The van der Waals surface area contributed by atoms with Gasteiger partial charge in [0.15, 0.2) is 0 Å². The number of carbonyl (C=O) groups excluding carboxylic acids is 1. The fourth-order valence-corrected chi connectivity index (χ4v) is 1.22. The minimum absolute atomic E-state index is 0.0266. The fraction of sp³-hybridized carbons (Fsp3) is 0.250. The van der Waals surface area contributed by atoms with Crippen molar-refractivity contribution < 1.29 is 4.79 Å². The molecular weight excluding hydrogens is 154 g/mol. The van der Waals surface area contributed by atoms with E-state index in [1.807, 2.05) is 18.2 Å². The first-order chi connectivity index (χ1) is 5.86. The molecule has 1 aromatic heterocycles. The molecule has 1 aliphatic heterocycles. The number of hydrogen-bond acceptors (Lipinski definition) is 2. The molecule has 0 aromatic carbocycles. The first-order valence-electron chi connectivity index (χ1n) is 3.81. The summed E-state index contributed by atoms with van der Waals surface area (Å²) < 4.78 is 0. The van der Waals surface area contributed by atoms with Gasteiger partial charge in [-0.3, -0.25) is 4.98 Å². The molecule has 0 spiro atoms. The largest absolute Gasteiger partial charge is 0.336 e. The Morgan fingerprint density at radius 2 is 2.42 bits per heavy atom. The third-order valence-electron chi connectivity index (χ3n) is 1.82. The van der Waals surface area contributed by atoms with Crippen LogP contribution in [0.3, 0.4) is 0 Å². The van der Waals surface area contributed by atoms with Crippen molar-refractivity contribution in [1.29, 1.82) is 0 Å². The normalized spacial score (nSPS) is 21.7. The van der Waals surface area contributed by atoms with Crippen molar-refractivity contribution in [3.63, 3.8) is 0 Å². The zero-order chi connectivity index (χ0) is 8.39. The molecule has 2 heterocycles. The van der Waals surface area contributed by atoms with Gasteiger partial charge in [0.05, 0.1) is 11.7 Å². The molecule has 2 rings (SSSR count). The zero-order valence-corrected chi connectivity index (χ0v) is 6.45. The van der Waals surface area contributed by atoms with Crippen molar-refractivity contribution in [2.75, 3.05) is 6.54 Å². The second-order valence-electron chi connectivity index (χ2n) is 2.66. The van der Waals surface area contributed by atoms with E-state index in [1.54, 1.807) is 6.20 Å². The van der Waals surface area contributed by atoms with Gasteiger partial charge in [-0.05, 0) is 12.1 Å². The highest BCUT2D eigenvalue weighted by molar-refractivity contribution is 5.76. The minimum atomic E-state index is -0.120. The van der Waals surface area contributed by atoms with E-state index in [0.29, 0.717) is 6.54 Å². The number of nitrogens with zero attached hydrogens (tertiary/aromatic N) is 1. The highest BCUT2D eigenvalue weighted by atomic mass is 16.2. The van der Waals surface area contributed by atoms with Crippen molar-refractivity contribution in [3.05, 3.63) is 30.1 Å². The third kappa shape index (κ3) is 1.23. The van der Waals surface area contributed by atoms with Gasteiger partial charge in [0.25, 0.3) is 0 Å².